The summed E-state index contributed by atoms with van der Waals surface area (Å²) in [5.41, 5.74) is 1.11. The fraction of sp³-hybridized carbons (Fsp3) is 0.885. The lowest BCUT2D eigenvalue weighted by Crippen LogP contribution is -2.61. The van der Waals surface area contributed by atoms with E-state index in [1.54, 1.807) is 0 Å². The fourth-order valence-corrected chi connectivity index (χ4v) is 9.00. The van der Waals surface area contributed by atoms with Crippen LogP contribution >= 0.6 is 0 Å². The maximum absolute atomic E-state index is 13.6. The van der Waals surface area contributed by atoms with E-state index in [0.29, 0.717) is 17.3 Å². The van der Waals surface area contributed by atoms with Gasteiger partial charge in [-0.05, 0) is 86.9 Å². The SMILES string of the molecule is C=C1C[C@@]23CCC4[C@](C)(C(=O)O[C@@H]5O[C@H](CO)[C@@H](O)[C@H](O)[C@H]5O)CCC[C@@]4(C)[C@@H]2CC[C@H]1C3. The van der Waals surface area contributed by atoms with E-state index in [4.69, 9.17) is 9.47 Å². The van der Waals surface area contributed by atoms with Gasteiger partial charge in [0.2, 0.25) is 6.29 Å². The third kappa shape index (κ3) is 3.37. The van der Waals surface area contributed by atoms with E-state index in [1.807, 2.05) is 6.92 Å². The summed E-state index contributed by atoms with van der Waals surface area (Å²) in [5, 5.41) is 40.0. The lowest BCUT2D eigenvalue weighted by Gasteiger charge is -2.63. The summed E-state index contributed by atoms with van der Waals surface area (Å²) < 4.78 is 11.2. The largest absolute Gasteiger partial charge is 0.432 e. The Morgan fingerprint density at radius 3 is 2.55 bits per heavy atom. The minimum atomic E-state index is -1.57. The first-order chi connectivity index (χ1) is 15.6. The van der Waals surface area contributed by atoms with Crippen molar-refractivity contribution in [3.05, 3.63) is 12.2 Å². The van der Waals surface area contributed by atoms with Crippen LogP contribution in [-0.4, -0.2) is 63.7 Å². The van der Waals surface area contributed by atoms with Gasteiger partial charge in [-0.3, -0.25) is 4.79 Å². The number of ether oxygens (including phenoxy) is 2. The molecule has 0 aromatic rings. The molecule has 7 nitrogen and oxygen atoms in total. The van der Waals surface area contributed by atoms with Gasteiger partial charge in [0.25, 0.3) is 0 Å². The third-order valence-electron chi connectivity index (χ3n) is 10.6. The summed E-state index contributed by atoms with van der Waals surface area (Å²) in [6, 6.07) is 0. The van der Waals surface area contributed by atoms with Crippen LogP contribution in [0.25, 0.3) is 0 Å². The van der Waals surface area contributed by atoms with Crippen molar-refractivity contribution < 1.29 is 34.7 Å². The van der Waals surface area contributed by atoms with Crippen molar-refractivity contribution in [1.82, 2.24) is 0 Å². The summed E-state index contributed by atoms with van der Waals surface area (Å²) >= 11 is 0. The van der Waals surface area contributed by atoms with Crippen LogP contribution in [0.3, 0.4) is 0 Å². The second kappa shape index (κ2) is 8.02. The number of fused-ring (bicyclic) bond motifs is 3. The summed E-state index contributed by atoms with van der Waals surface area (Å²) in [7, 11) is 0. The van der Waals surface area contributed by atoms with E-state index < -0.39 is 48.7 Å². The van der Waals surface area contributed by atoms with Gasteiger partial charge >= 0.3 is 5.97 Å². The molecule has 4 N–H and O–H groups in total. The number of rotatable bonds is 3. The average Bonchev–Trinajstić information content (AvgIpc) is 3.01. The number of hydrogen-bond donors (Lipinski definition) is 4. The standard InChI is InChI=1S/C26H40O7/c1-14-11-26-10-7-17-24(2,18(26)6-5-15(14)12-26)8-4-9-25(17,3)23(31)33-22-21(30)20(29)19(28)16(13-27)32-22/h15-22,27-30H,1,4-13H2,2-3H3/t15-,16+,17?,18-,19+,20-,21+,22-,24+,25+,26+/m0/s1. The lowest BCUT2D eigenvalue weighted by molar-refractivity contribution is -0.298. The van der Waals surface area contributed by atoms with Gasteiger partial charge in [-0.25, -0.2) is 0 Å². The second-order valence-corrected chi connectivity index (χ2v) is 12.2. The predicted molar refractivity (Wildman–Crippen MR) is 120 cm³/mol. The van der Waals surface area contributed by atoms with E-state index >= 15 is 0 Å². The molecule has 1 aliphatic heterocycles. The molecule has 1 spiro atoms. The minimum Gasteiger partial charge on any atom is -0.432 e. The molecule has 1 unspecified atom stereocenters. The molecule has 4 aliphatic carbocycles. The van der Waals surface area contributed by atoms with Crippen molar-refractivity contribution in [1.29, 1.82) is 0 Å². The van der Waals surface area contributed by atoms with Crippen molar-refractivity contribution in [2.45, 2.75) is 102 Å². The molecule has 2 bridgehead atoms. The van der Waals surface area contributed by atoms with E-state index in [9.17, 15) is 25.2 Å². The maximum atomic E-state index is 13.6. The molecule has 0 amide bonds. The van der Waals surface area contributed by atoms with Crippen molar-refractivity contribution in [3.63, 3.8) is 0 Å². The Hall–Kier alpha value is -0.990. The highest BCUT2D eigenvalue weighted by Gasteiger charge is 2.65. The highest BCUT2D eigenvalue weighted by atomic mass is 16.7. The smallest absolute Gasteiger partial charge is 0.314 e. The number of carbonyl (C=O) groups is 1. The van der Waals surface area contributed by atoms with E-state index in [2.05, 4.69) is 13.5 Å². The van der Waals surface area contributed by atoms with E-state index in [0.717, 1.165) is 38.5 Å². The second-order valence-electron chi connectivity index (χ2n) is 12.2. The quantitative estimate of drug-likeness (QED) is 0.374. The molecule has 5 rings (SSSR count). The molecule has 0 radical (unpaired) electrons. The van der Waals surface area contributed by atoms with Gasteiger partial charge in [0, 0.05) is 0 Å². The molecule has 11 atom stereocenters. The molecule has 1 heterocycles. The van der Waals surface area contributed by atoms with Crippen LogP contribution in [0.1, 0.15) is 71.6 Å². The first kappa shape index (κ1) is 23.7. The number of hydrogen-bond acceptors (Lipinski definition) is 7. The van der Waals surface area contributed by atoms with Gasteiger partial charge in [0.05, 0.1) is 12.0 Å². The molecule has 33 heavy (non-hydrogen) atoms. The Labute approximate surface area is 196 Å². The summed E-state index contributed by atoms with van der Waals surface area (Å²) in [6.45, 7) is 8.24. The molecule has 7 heteroatoms. The molecule has 1 saturated heterocycles. The Morgan fingerprint density at radius 1 is 1.06 bits per heavy atom. The van der Waals surface area contributed by atoms with Gasteiger partial charge in [0.15, 0.2) is 0 Å². The number of aliphatic hydroxyl groups excluding tert-OH is 4. The van der Waals surface area contributed by atoms with Crippen LogP contribution in [0.5, 0.6) is 0 Å². The number of allylic oxidation sites excluding steroid dienone is 1. The third-order valence-corrected chi connectivity index (χ3v) is 10.6. The number of carbonyl (C=O) groups excluding carboxylic acids is 1. The monoisotopic (exact) mass is 464 g/mol. The Kier molecular flexibility index (Phi) is 5.77. The molecular weight excluding hydrogens is 424 g/mol. The fourth-order valence-electron chi connectivity index (χ4n) is 9.00. The van der Waals surface area contributed by atoms with Gasteiger partial charge in [-0.2, -0.15) is 0 Å². The van der Waals surface area contributed by atoms with Gasteiger partial charge in [-0.15, -0.1) is 0 Å². The highest BCUT2D eigenvalue weighted by molar-refractivity contribution is 5.77. The first-order valence-corrected chi connectivity index (χ1v) is 12.7. The normalized spacial score (nSPS) is 53.8. The maximum Gasteiger partial charge on any atom is 0.314 e. The Bertz CT molecular complexity index is 812. The zero-order valence-corrected chi connectivity index (χ0v) is 19.9. The average molecular weight is 465 g/mol. The van der Waals surface area contributed by atoms with Crippen molar-refractivity contribution in [3.8, 4) is 0 Å². The molecule has 5 aliphatic rings. The van der Waals surface area contributed by atoms with Gasteiger partial charge in [0.1, 0.15) is 24.4 Å². The van der Waals surface area contributed by atoms with Crippen molar-refractivity contribution >= 4 is 5.97 Å². The molecule has 0 aromatic carbocycles. The topological polar surface area (TPSA) is 116 Å². The molecule has 4 saturated carbocycles. The van der Waals surface area contributed by atoms with E-state index in [1.165, 1.54) is 24.8 Å². The van der Waals surface area contributed by atoms with Crippen LogP contribution in [0, 0.1) is 34.0 Å². The first-order valence-electron chi connectivity index (χ1n) is 12.7. The number of esters is 1. The minimum absolute atomic E-state index is 0.0508. The van der Waals surface area contributed by atoms with E-state index in [-0.39, 0.29) is 11.3 Å². The van der Waals surface area contributed by atoms with Crippen molar-refractivity contribution in [2.75, 3.05) is 6.61 Å². The van der Waals surface area contributed by atoms with Crippen LogP contribution in [0.4, 0.5) is 0 Å². The summed E-state index contributed by atoms with van der Waals surface area (Å²) in [6.07, 6.45) is 2.58. The molecule has 5 fully saturated rings. The Balaban J connectivity index is 1.38. The molecule has 0 aromatic heterocycles. The predicted octanol–water partition coefficient (Wildman–Crippen LogP) is 2.30. The van der Waals surface area contributed by atoms with Gasteiger partial charge < -0.3 is 29.9 Å². The van der Waals surface area contributed by atoms with Crippen molar-refractivity contribution in [2.24, 2.45) is 34.0 Å². The summed E-state index contributed by atoms with van der Waals surface area (Å²) in [4.78, 5) is 13.6. The van der Waals surface area contributed by atoms with Crippen LogP contribution in [0.15, 0.2) is 12.2 Å². The highest BCUT2D eigenvalue weighted by Crippen LogP contribution is 2.72. The summed E-state index contributed by atoms with van der Waals surface area (Å²) in [5.74, 6) is 1.02. The molecular formula is C26H40O7. The zero-order valence-electron chi connectivity index (χ0n) is 19.9. The zero-order chi connectivity index (χ0) is 23.8. The van der Waals surface area contributed by atoms with Crippen LogP contribution in [-0.2, 0) is 14.3 Å². The van der Waals surface area contributed by atoms with Crippen LogP contribution < -0.4 is 0 Å². The van der Waals surface area contributed by atoms with Crippen LogP contribution in [0.2, 0.25) is 0 Å². The van der Waals surface area contributed by atoms with Gasteiger partial charge in [-0.1, -0.05) is 25.5 Å². The lowest BCUT2D eigenvalue weighted by atomic mass is 9.41. The number of aliphatic hydroxyl groups is 4. The Morgan fingerprint density at radius 2 is 1.82 bits per heavy atom. The molecule has 186 valence electrons.